The number of anilines is 1. The highest BCUT2D eigenvalue weighted by Crippen LogP contribution is 2.56. The summed E-state index contributed by atoms with van der Waals surface area (Å²) in [4.78, 5) is 31.2. The minimum absolute atomic E-state index is 0.363. The number of carbonyl (C=O) groups is 1. The lowest BCUT2D eigenvalue weighted by atomic mass is 10.0. The Morgan fingerprint density at radius 1 is 1.13 bits per heavy atom. The molecule has 10 heteroatoms. The second-order valence-corrected chi connectivity index (χ2v) is 9.24. The van der Waals surface area contributed by atoms with Crippen molar-refractivity contribution in [2.45, 2.75) is 19.0 Å². The molecule has 0 spiro atoms. The summed E-state index contributed by atoms with van der Waals surface area (Å²) in [5.74, 6) is -0.403. The minimum Gasteiger partial charge on any atom is -0.324 e. The van der Waals surface area contributed by atoms with E-state index in [0.29, 0.717) is 22.8 Å². The van der Waals surface area contributed by atoms with Crippen molar-refractivity contribution < 1.29 is 23.5 Å². The fourth-order valence-corrected chi connectivity index (χ4v) is 3.11. The third kappa shape index (κ3) is 4.71. The molecule has 0 saturated carbocycles. The molecule has 156 valence electrons. The first-order valence-corrected chi connectivity index (χ1v) is 10.5. The van der Waals surface area contributed by atoms with Gasteiger partial charge in [0, 0.05) is 17.5 Å². The van der Waals surface area contributed by atoms with E-state index in [9.17, 15) is 23.5 Å². The molecule has 0 aliphatic rings. The summed E-state index contributed by atoms with van der Waals surface area (Å²) in [7, 11) is -4.34. The number of hydrogen-bond donors (Lipinski definition) is 3. The molecule has 0 aliphatic heterocycles. The molecule has 3 aromatic rings. The SMILES string of the molecule is CC(C)(c1ccc(NC(=O)C=Cc2nncn2-c2ccc(F)cc2)cc1)P(=O)(O)O. The molecule has 0 fully saturated rings. The van der Waals surface area contributed by atoms with Crippen LogP contribution in [0.25, 0.3) is 11.8 Å². The lowest BCUT2D eigenvalue weighted by Crippen LogP contribution is -2.17. The van der Waals surface area contributed by atoms with E-state index in [0.717, 1.165) is 0 Å². The molecule has 30 heavy (non-hydrogen) atoms. The summed E-state index contributed by atoms with van der Waals surface area (Å²) in [6.45, 7) is 2.92. The van der Waals surface area contributed by atoms with Crippen molar-refractivity contribution in [3.05, 3.63) is 78.1 Å². The smallest absolute Gasteiger partial charge is 0.324 e. The van der Waals surface area contributed by atoms with Gasteiger partial charge in [-0.1, -0.05) is 12.1 Å². The van der Waals surface area contributed by atoms with E-state index in [1.165, 1.54) is 44.5 Å². The van der Waals surface area contributed by atoms with Crippen molar-refractivity contribution in [2.24, 2.45) is 0 Å². The number of aromatic nitrogens is 3. The number of amides is 1. The van der Waals surface area contributed by atoms with Gasteiger partial charge in [0.2, 0.25) is 5.91 Å². The van der Waals surface area contributed by atoms with E-state index in [1.54, 1.807) is 41.0 Å². The molecule has 3 N–H and O–H groups in total. The average molecular weight is 430 g/mol. The lowest BCUT2D eigenvalue weighted by molar-refractivity contribution is -0.111. The van der Waals surface area contributed by atoms with Crippen LogP contribution in [0.15, 0.2) is 60.9 Å². The summed E-state index contributed by atoms with van der Waals surface area (Å²) >= 11 is 0. The maximum Gasteiger partial charge on any atom is 0.335 e. The summed E-state index contributed by atoms with van der Waals surface area (Å²) in [6.07, 6.45) is 4.20. The maximum atomic E-state index is 13.1. The Bertz CT molecular complexity index is 1120. The first-order chi connectivity index (χ1) is 14.1. The van der Waals surface area contributed by atoms with Crippen LogP contribution in [0, 0.1) is 5.82 Å². The first-order valence-electron chi connectivity index (χ1n) is 8.89. The quantitative estimate of drug-likeness (QED) is 0.407. The molecule has 0 unspecified atom stereocenters. The van der Waals surface area contributed by atoms with Crippen LogP contribution in [0.3, 0.4) is 0 Å². The van der Waals surface area contributed by atoms with Gasteiger partial charge in [0.15, 0.2) is 5.82 Å². The van der Waals surface area contributed by atoms with Gasteiger partial charge in [-0.3, -0.25) is 13.9 Å². The van der Waals surface area contributed by atoms with E-state index in [2.05, 4.69) is 15.5 Å². The normalized spacial score (nSPS) is 12.3. The van der Waals surface area contributed by atoms with Crippen LogP contribution in [0.5, 0.6) is 0 Å². The highest BCUT2D eigenvalue weighted by molar-refractivity contribution is 7.53. The summed E-state index contributed by atoms with van der Waals surface area (Å²) in [5.41, 5.74) is 1.57. The zero-order chi connectivity index (χ0) is 21.9. The molecular formula is C20H20FN4O4P. The number of hydrogen-bond acceptors (Lipinski definition) is 4. The summed E-state index contributed by atoms with van der Waals surface area (Å²) in [6, 6.07) is 12.0. The molecule has 0 bridgehead atoms. The second-order valence-electron chi connectivity index (χ2n) is 7.04. The van der Waals surface area contributed by atoms with Gasteiger partial charge in [0.1, 0.15) is 12.1 Å². The fraction of sp³-hybridized carbons (Fsp3) is 0.150. The molecule has 3 rings (SSSR count). The fourth-order valence-electron chi connectivity index (χ4n) is 2.62. The van der Waals surface area contributed by atoms with E-state index in [-0.39, 0.29) is 5.82 Å². The Morgan fingerprint density at radius 2 is 1.77 bits per heavy atom. The highest BCUT2D eigenvalue weighted by atomic mass is 31.2. The number of nitrogens with zero attached hydrogens (tertiary/aromatic N) is 3. The molecular weight excluding hydrogens is 410 g/mol. The van der Waals surface area contributed by atoms with Crippen LogP contribution in [-0.2, 0) is 14.5 Å². The molecule has 0 atom stereocenters. The van der Waals surface area contributed by atoms with Gasteiger partial charge in [-0.2, -0.15) is 0 Å². The van der Waals surface area contributed by atoms with Gasteiger partial charge in [-0.15, -0.1) is 10.2 Å². The Balaban J connectivity index is 1.70. The minimum atomic E-state index is -4.34. The van der Waals surface area contributed by atoms with Gasteiger partial charge in [-0.25, -0.2) is 4.39 Å². The zero-order valence-electron chi connectivity index (χ0n) is 16.2. The number of nitrogens with one attached hydrogen (secondary N) is 1. The molecule has 8 nitrogen and oxygen atoms in total. The van der Waals surface area contributed by atoms with Crippen molar-refractivity contribution in [1.82, 2.24) is 14.8 Å². The molecule has 2 aromatic carbocycles. The average Bonchev–Trinajstić information content (AvgIpc) is 3.15. The van der Waals surface area contributed by atoms with Gasteiger partial charge < -0.3 is 15.1 Å². The molecule has 0 radical (unpaired) electrons. The van der Waals surface area contributed by atoms with Crippen LogP contribution < -0.4 is 5.32 Å². The molecule has 1 heterocycles. The summed E-state index contributed by atoms with van der Waals surface area (Å²) in [5, 5.41) is 9.07. The summed E-state index contributed by atoms with van der Waals surface area (Å²) < 4.78 is 26.3. The predicted octanol–water partition coefficient (Wildman–Crippen LogP) is 3.47. The van der Waals surface area contributed by atoms with Gasteiger partial charge in [0.05, 0.1) is 5.16 Å². The van der Waals surface area contributed by atoms with Crippen LogP contribution in [0.1, 0.15) is 25.2 Å². The topological polar surface area (TPSA) is 117 Å². The maximum absolute atomic E-state index is 13.1. The number of benzene rings is 2. The Hall–Kier alpha value is -3.13. The van der Waals surface area contributed by atoms with Crippen LogP contribution in [-0.4, -0.2) is 30.5 Å². The number of rotatable bonds is 6. The Morgan fingerprint density at radius 3 is 2.37 bits per heavy atom. The van der Waals surface area contributed by atoms with Gasteiger partial charge in [-0.05, 0) is 61.9 Å². The first kappa shape index (κ1) is 21.6. The third-order valence-corrected chi connectivity index (χ3v) is 6.36. The van der Waals surface area contributed by atoms with E-state index < -0.39 is 18.7 Å². The van der Waals surface area contributed by atoms with Crippen molar-refractivity contribution in [3.63, 3.8) is 0 Å². The second kappa shape index (κ2) is 8.31. The highest BCUT2D eigenvalue weighted by Gasteiger charge is 2.39. The van der Waals surface area contributed by atoms with E-state index in [1.807, 2.05) is 0 Å². The molecule has 1 amide bonds. The largest absolute Gasteiger partial charge is 0.335 e. The molecule has 0 saturated heterocycles. The standard InChI is InChI=1S/C20H20FN4O4P/c1-20(2,30(27,28)29)14-3-7-16(8-4-14)23-19(26)12-11-18-24-22-13-25(18)17-9-5-15(21)6-10-17/h3-13H,1-2H3,(H,23,26)(H2,27,28,29). The number of halogens is 1. The van der Waals surface area contributed by atoms with Crippen molar-refractivity contribution in [2.75, 3.05) is 5.32 Å². The number of carbonyl (C=O) groups excluding carboxylic acids is 1. The van der Waals surface area contributed by atoms with E-state index in [4.69, 9.17) is 0 Å². The molecule has 1 aromatic heterocycles. The van der Waals surface area contributed by atoms with Crippen LogP contribution in [0.2, 0.25) is 0 Å². The monoisotopic (exact) mass is 430 g/mol. The Labute approximate surface area is 172 Å². The van der Waals surface area contributed by atoms with Crippen LogP contribution in [0.4, 0.5) is 10.1 Å². The third-order valence-electron chi connectivity index (χ3n) is 4.65. The predicted molar refractivity (Wildman–Crippen MR) is 110 cm³/mol. The Kier molecular flexibility index (Phi) is 5.98. The van der Waals surface area contributed by atoms with Gasteiger partial charge >= 0.3 is 7.60 Å². The van der Waals surface area contributed by atoms with Crippen molar-refractivity contribution >= 4 is 25.3 Å². The lowest BCUT2D eigenvalue weighted by Gasteiger charge is -2.26. The van der Waals surface area contributed by atoms with Crippen molar-refractivity contribution in [3.8, 4) is 5.69 Å². The molecule has 0 aliphatic carbocycles. The van der Waals surface area contributed by atoms with Crippen molar-refractivity contribution in [1.29, 1.82) is 0 Å². The van der Waals surface area contributed by atoms with Crippen LogP contribution >= 0.6 is 7.60 Å². The van der Waals surface area contributed by atoms with Gasteiger partial charge in [0.25, 0.3) is 0 Å². The zero-order valence-corrected chi connectivity index (χ0v) is 17.1. The van der Waals surface area contributed by atoms with E-state index >= 15 is 0 Å².